The number of hydrogen-bond donors (Lipinski definition) is 0. The predicted octanol–water partition coefficient (Wildman–Crippen LogP) is 1.19. The van der Waals surface area contributed by atoms with E-state index in [1.54, 1.807) is 4.90 Å². The molecule has 0 bridgehead atoms. The first-order chi connectivity index (χ1) is 6.56. The van der Waals surface area contributed by atoms with Crippen molar-refractivity contribution in [2.75, 3.05) is 6.61 Å². The van der Waals surface area contributed by atoms with Gasteiger partial charge in [0.1, 0.15) is 12.9 Å². The minimum absolute atomic E-state index is 0.0139. The molecule has 78 valence electrons. The van der Waals surface area contributed by atoms with Crippen LogP contribution in [-0.4, -0.2) is 36.0 Å². The number of rotatable bonds is 2. The molecule has 0 aromatic carbocycles. The summed E-state index contributed by atoms with van der Waals surface area (Å²) < 4.78 is 4.96. The highest BCUT2D eigenvalue weighted by Gasteiger charge is 2.48. The lowest BCUT2D eigenvalue weighted by Gasteiger charge is -2.31. The standard InChI is InChI=1S/C10H15NO3/c1-10(2,6-12)8-4-3-7-5-14-9(13)11(7)8/h6-8H,3-5H2,1-2H3/t7-,8-/m0/s1. The molecule has 0 spiro atoms. The summed E-state index contributed by atoms with van der Waals surface area (Å²) in [5, 5.41) is 0. The Morgan fingerprint density at radius 2 is 2.21 bits per heavy atom. The van der Waals surface area contributed by atoms with Crippen molar-refractivity contribution >= 4 is 12.4 Å². The zero-order chi connectivity index (χ0) is 10.3. The maximum atomic E-state index is 11.4. The number of carbonyl (C=O) groups excluding carboxylic acids is 2. The normalized spacial score (nSPS) is 31.6. The van der Waals surface area contributed by atoms with Gasteiger partial charge < -0.3 is 9.53 Å². The number of hydrogen-bond acceptors (Lipinski definition) is 3. The second kappa shape index (κ2) is 2.97. The van der Waals surface area contributed by atoms with E-state index >= 15 is 0 Å². The molecule has 0 N–H and O–H groups in total. The van der Waals surface area contributed by atoms with Gasteiger partial charge in [0, 0.05) is 11.5 Å². The van der Waals surface area contributed by atoms with Crippen molar-refractivity contribution in [2.45, 2.75) is 38.8 Å². The van der Waals surface area contributed by atoms with Gasteiger partial charge in [0.15, 0.2) is 0 Å². The Bertz CT molecular complexity index is 275. The molecule has 0 unspecified atom stereocenters. The Labute approximate surface area is 83.2 Å². The van der Waals surface area contributed by atoms with Crippen LogP contribution >= 0.6 is 0 Å². The molecule has 2 aliphatic rings. The first-order valence-electron chi connectivity index (χ1n) is 4.97. The zero-order valence-electron chi connectivity index (χ0n) is 8.53. The van der Waals surface area contributed by atoms with Crippen LogP contribution in [0.2, 0.25) is 0 Å². The van der Waals surface area contributed by atoms with Gasteiger partial charge in [-0.15, -0.1) is 0 Å². The summed E-state index contributed by atoms with van der Waals surface area (Å²) in [5.74, 6) is 0. The van der Waals surface area contributed by atoms with Crippen LogP contribution in [0.4, 0.5) is 4.79 Å². The van der Waals surface area contributed by atoms with Crippen molar-refractivity contribution in [3.05, 3.63) is 0 Å². The highest BCUT2D eigenvalue weighted by atomic mass is 16.6. The van der Waals surface area contributed by atoms with E-state index in [-0.39, 0.29) is 18.2 Å². The van der Waals surface area contributed by atoms with Crippen LogP contribution < -0.4 is 0 Å². The van der Waals surface area contributed by atoms with Gasteiger partial charge in [-0.1, -0.05) is 13.8 Å². The Morgan fingerprint density at radius 1 is 1.50 bits per heavy atom. The molecule has 2 fully saturated rings. The fourth-order valence-corrected chi connectivity index (χ4v) is 2.37. The van der Waals surface area contributed by atoms with Gasteiger partial charge in [-0.05, 0) is 12.8 Å². The maximum absolute atomic E-state index is 11.4. The summed E-state index contributed by atoms with van der Waals surface area (Å²) in [4.78, 5) is 24.1. The van der Waals surface area contributed by atoms with E-state index in [4.69, 9.17) is 4.74 Å². The van der Waals surface area contributed by atoms with Gasteiger partial charge in [0.25, 0.3) is 0 Å². The van der Waals surface area contributed by atoms with E-state index in [0.29, 0.717) is 6.61 Å². The van der Waals surface area contributed by atoms with Gasteiger partial charge >= 0.3 is 6.09 Å². The van der Waals surface area contributed by atoms with Crippen molar-refractivity contribution in [1.29, 1.82) is 0 Å². The maximum Gasteiger partial charge on any atom is 0.410 e. The molecule has 2 saturated heterocycles. The smallest absolute Gasteiger partial charge is 0.410 e. The number of carbonyl (C=O) groups is 2. The van der Waals surface area contributed by atoms with Gasteiger partial charge in [-0.2, -0.15) is 0 Å². The molecule has 0 saturated carbocycles. The first kappa shape index (κ1) is 9.49. The van der Waals surface area contributed by atoms with Crippen LogP contribution in [0, 0.1) is 5.41 Å². The third-order valence-electron chi connectivity index (χ3n) is 3.28. The highest BCUT2D eigenvalue weighted by molar-refractivity contribution is 5.72. The van der Waals surface area contributed by atoms with E-state index in [0.717, 1.165) is 19.1 Å². The molecular weight excluding hydrogens is 182 g/mol. The molecule has 2 aliphatic heterocycles. The second-order valence-electron chi connectivity index (χ2n) is 4.67. The average molecular weight is 197 g/mol. The second-order valence-corrected chi connectivity index (χ2v) is 4.67. The molecule has 2 rings (SSSR count). The number of amides is 1. The molecule has 0 aromatic heterocycles. The zero-order valence-corrected chi connectivity index (χ0v) is 8.53. The van der Waals surface area contributed by atoms with Gasteiger partial charge in [0.2, 0.25) is 0 Å². The van der Waals surface area contributed by atoms with Crippen molar-refractivity contribution in [1.82, 2.24) is 4.90 Å². The summed E-state index contributed by atoms with van der Waals surface area (Å²) >= 11 is 0. The van der Waals surface area contributed by atoms with E-state index in [1.165, 1.54) is 0 Å². The molecular formula is C10H15NO3. The summed E-state index contributed by atoms with van der Waals surface area (Å²) in [5.41, 5.74) is -0.460. The molecule has 0 radical (unpaired) electrons. The Morgan fingerprint density at radius 3 is 2.86 bits per heavy atom. The summed E-state index contributed by atoms with van der Waals surface area (Å²) in [7, 11) is 0. The summed E-state index contributed by atoms with van der Waals surface area (Å²) in [6.07, 6.45) is 2.54. The molecule has 2 atom stereocenters. The number of nitrogens with zero attached hydrogens (tertiary/aromatic N) is 1. The van der Waals surface area contributed by atoms with Crippen LogP contribution in [0.1, 0.15) is 26.7 Å². The summed E-state index contributed by atoms with van der Waals surface area (Å²) in [6.45, 7) is 4.24. The average Bonchev–Trinajstić information content (AvgIpc) is 2.69. The van der Waals surface area contributed by atoms with Gasteiger partial charge in [-0.25, -0.2) is 4.79 Å². The predicted molar refractivity (Wildman–Crippen MR) is 49.8 cm³/mol. The van der Waals surface area contributed by atoms with Crippen molar-refractivity contribution in [3.8, 4) is 0 Å². The monoisotopic (exact) mass is 197 g/mol. The van der Waals surface area contributed by atoms with Crippen LogP contribution in [0.5, 0.6) is 0 Å². The molecule has 0 aliphatic carbocycles. The number of fused-ring (bicyclic) bond motifs is 1. The van der Waals surface area contributed by atoms with Crippen molar-refractivity contribution < 1.29 is 14.3 Å². The highest BCUT2D eigenvalue weighted by Crippen LogP contribution is 2.38. The third kappa shape index (κ3) is 1.21. The van der Waals surface area contributed by atoms with Crippen molar-refractivity contribution in [3.63, 3.8) is 0 Å². The largest absolute Gasteiger partial charge is 0.447 e. The van der Waals surface area contributed by atoms with Gasteiger partial charge in [0.05, 0.1) is 6.04 Å². The molecule has 0 aromatic rings. The minimum Gasteiger partial charge on any atom is -0.447 e. The van der Waals surface area contributed by atoms with Crippen LogP contribution in [0.3, 0.4) is 0 Å². The van der Waals surface area contributed by atoms with E-state index in [1.807, 2.05) is 13.8 Å². The minimum atomic E-state index is -0.460. The molecule has 1 amide bonds. The van der Waals surface area contributed by atoms with Gasteiger partial charge in [-0.3, -0.25) is 4.90 Å². The van der Waals surface area contributed by atoms with Crippen molar-refractivity contribution in [2.24, 2.45) is 5.41 Å². The lowest BCUT2D eigenvalue weighted by atomic mass is 9.84. The van der Waals surface area contributed by atoms with Crippen LogP contribution in [-0.2, 0) is 9.53 Å². The van der Waals surface area contributed by atoms with Crippen LogP contribution in [0.25, 0.3) is 0 Å². The SMILES string of the molecule is CC(C)(C=O)[C@@H]1CC[C@H]2COC(=O)N21. The number of cyclic esters (lactones) is 1. The molecule has 4 nitrogen and oxygen atoms in total. The fraction of sp³-hybridized carbons (Fsp3) is 0.800. The number of aldehydes is 1. The Kier molecular flexibility index (Phi) is 2.01. The first-order valence-corrected chi connectivity index (χ1v) is 4.97. The molecule has 14 heavy (non-hydrogen) atoms. The third-order valence-corrected chi connectivity index (χ3v) is 3.28. The molecule has 4 heteroatoms. The van der Waals surface area contributed by atoms with E-state index < -0.39 is 5.41 Å². The Balaban J connectivity index is 2.22. The number of ether oxygens (including phenoxy) is 1. The molecule has 2 heterocycles. The quantitative estimate of drug-likeness (QED) is 0.625. The lowest BCUT2D eigenvalue weighted by molar-refractivity contribution is -0.117. The summed E-state index contributed by atoms with van der Waals surface area (Å²) in [6, 6.07) is 0.215. The van der Waals surface area contributed by atoms with E-state index in [2.05, 4.69) is 0 Å². The Hall–Kier alpha value is -1.06. The lowest BCUT2D eigenvalue weighted by Crippen LogP contribution is -2.44. The van der Waals surface area contributed by atoms with E-state index in [9.17, 15) is 9.59 Å². The fourth-order valence-electron chi connectivity index (χ4n) is 2.37. The van der Waals surface area contributed by atoms with Crippen LogP contribution in [0.15, 0.2) is 0 Å². The topological polar surface area (TPSA) is 46.6 Å².